The van der Waals surface area contributed by atoms with E-state index in [2.05, 4.69) is 5.32 Å². The molecule has 2 rings (SSSR count). The smallest absolute Gasteiger partial charge is 0.258 e. The van der Waals surface area contributed by atoms with Crippen molar-refractivity contribution < 1.29 is 14.3 Å². The molecule has 4 nitrogen and oxygen atoms in total. The Labute approximate surface area is 141 Å². The maximum Gasteiger partial charge on any atom is 0.258 e. The zero-order chi connectivity index (χ0) is 16.7. The molecule has 1 amide bonds. The van der Waals surface area contributed by atoms with Crippen molar-refractivity contribution >= 4 is 17.5 Å². The van der Waals surface area contributed by atoms with Gasteiger partial charge in [-0.2, -0.15) is 0 Å². The maximum atomic E-state index is 11.7. The molecule has 122 valence electrons. The third-order valence-electron chi connectivity index (χ3n) is 3.29. The summed E-state index contributed by atoms with van der Waals surface area (Å²) in [6.45, 7) is 4.63. The number of para-hydroxylation sites is 1. The van der Waals surface area contributed by atoms with Crippen molar-refractivity contribution in [1.82, 2.24) is 5.32 Å². The minimum atomic E-state index is -0.182. The molecule has 0 radical (unpaired) electrons. The van der Waals surface area contributed by atoms with Crippen molar-refractivity contribution in [2.75, 3.05) is 19.8 Å². The van der Waals surface area contributed by atoms with E-state index in [1.807, 2.05) is 50.2 Å². The standard InChI is InChI=1S/C18H20ClNO3/c1-13-7-8-15(11-16(13)19)22-10-9-20-18(21)12-23-17-6-4-3-5-14(17)2/h3-8,11H,9-10,12H2,1-2H3,(H,20,21). The number of carbonyl (C=O) groups excluding carboxylic acids is 1. The van der Waals surface area contributed by atoms with Crippen LogP contribution in [0.5, 0.6) is 11.5 Å². The summed E-state index contributed by atoms with van der Waals surface area (Å²) in [4.78, 5) is 11.7. The summed E-state index contributed by atoms with van der Waals surface area (Å²) < 4.78 is 11.0. The van der Waals surface area contributed by atoms with Crippen molar-refractivity contribution in [2.45, 2.75) is 13.8 Å². The Morgan fingerprint density at radius 2 is 1.87 bits per heavy atom. The van der Waals surface area contributed by atoms with Gasteiger partial charge in [-0.15, -0.1) is 0 Å². The van der Waals surface area contributed by atoms with Crippen LogP contribution in [0.15, 0.2) is 42.5 Å². The van der Waals surface area contributed by atoms with Crippen LogP contribution in [0.2, 0.25) is 5.02 Å². The first-order valence-corrected chi connectivity index (χ1v) is 7.78. The highest BCUT2D eigenvalue weighted by atomic mass is 35.5. The van der Waals surface area contributed by atoms with E-state index in [0.717, 1.165) is 11.1 Å². The Hall–Kier alpha value is -2.20. The Bertz CT molecular complexity index is 673. The summed E-state index contributed by atoms with van der Waals surface area (Å²) in [5, 5.41) is 3.41. The van der Waals surface area contributed by atoms with Crippen LogP contribution >= 0.6 is 11.6 Å². The molecule has 0 aliphatic rings. The van der Waals surface area contributed by atoms with E-state index in [4.69, 9.17) is 21.1 Å². The number of halogens is 1. The third-order valence-corrected chi connectivity index (χ3v) is 3.70. The van der Waals surface area contributed by atoms with E-state index >= 15 is 0 Å². The molecule has 2 aromatic rings. The minimum Gasteiger partial charge on any atom is -0.492 e. The van der Waals surface area contributed by atoms with Gasteiger partial charge in [0.05, 0.1) is 6.54 Å². The van der Waals surface area contributed by atoms with Crippen LogP contribution in [0.1, 0.15) is 11.1 Å². The Morgan fingerprint density at radius 1 is 1.09 bits per heavy atom. The number of nitrogens with one attached hydrogen (secondary N) is 1. The summed E-state index contributed by atoms with van der Waals surface area (Å²) >= 11 is 6.02. The molecule has 23 heavy (non-hydrogen) atoms. The van der Waals surface area contributed by atoms with Crippen molar-refractivity contribution in [3.05, 3.63) is 58.6 Å². The summed E-state index contributed by atoms with van der Waals surface area (Å²) in [7, 11) is 0. The highest BCUT2D eigenvalue weighted by Crippen LogP contribution is 2.21. The fourth-order valence-electron chi connectivity index (χ4n) is 1.94. The van der Waals surface area contributed by atoms with E-state index in [-0.39, 0.29) is 12.5 Å². The summed E-state index contributed by atoms with van der Waals surface area (Å²) in [5.41, 5.74) is 2.00. The van der Waals surface area contributed by atoms with Gasteiger partial charge in [-0.05, 0) is 43.2 Å². The number of benzene rings is 2. The number of carbonyl (C=O) groups is 1. The lowest BCUT2D eigenvalue weighted by Crippen LogP contribution is -2.32. The molecule has 0 fully saturated rings. The lowest BCUT2D eigenvalue weighted by Gasteiger charge is -2.10. The zero-order valence-corrected chi connectivity index (χ0v) is 14.0. The highest BCUT2D eigenvalue weighted by molar-refractivity contribution is 6.31. The van der Waals surface area contributed by atoms with Gasteiger partial charge in [-0.3, -0.25) is 4.79 Å². The van der Waals surface area contributed by atoms with Gasteiger partial charge < -0.3 is 14.8 Å². The number of hydrogen-bond acceptors (Lipinski definition) is 3. The van der Waals surface area contributed by atoms with Gasteiger partial charge in [0.15, 0.2) is 6.61 Å². The van der Waals surface area contributed by atoms with Crippen molar-refractivity contribution in [1.29, 1.82) is 0 Å². The molecule has 0 bridgehead atoms. The number of rotatable bonds is 7. The molecule has 0 saturated carbocycles. The molecule has 0 saturated heterocycles. The molecule has 0 heterocycles. The summed E-state index contributed by atoms with van der Waals surface area (Å²) in [6.07, 6.45) is 0. The first-order chi connectivity index (χ1) is 11.1. The van der Waals surface area contributed by atoms with Crippen molar-refractivity contribution in [2.24, 2.45) is 0 Å². The number of hydrogen-bond donors (Lipinski definition) is 1. The predicted molar refractivity (Wildman–Crippen MR) is 91.4 cm³/mol. The van der Waals surface area contributed by atoms with Crippen LogP contribution in [0.25, 0.3) is 0 Å². The highest BCUT2D eigenvalue weighted by Gasteiger charge is 2.04. The van der Waals surface area contributed by atoms with Crippen LogP contribution in [-0.2, 0) is 4.79 Å². The third kappa shape index (κ3) is 5.49. The van der Waals surface area contributed by atoms with Crippen LogP contribution in [-0.4, -0.2) is 25.7 Å². The van der Waals surface area contributed by atoms with E-state index in [0.29, 0.717) is 29.7 Å². The topological polar surface area (TPSA) is 47.6 Å². The van der Waals surface area contributed by atoms with Crippen LogP contribution in [0, 0.1) is 13.8 Å². The first-order valence-electron chi connectivity index (χ1n) is 7.40. The second kappa shape index (κ2) is 8.44. The van der Waals surface area contributed by atoms with Gasteiger partial charge in [-0.25, -0.2) is 0 Å². The Balaban J connectivity index is 1.67. The Morgan fingerprint density at radius 3 is 2.61 bits per heavy atom. The van der Waals surface area contributed by atoms with Gasteiger partial charge in [-0.1, -0.05) is 35.9 Å². The number of amides is 1. The predicted octanol–water partition coefficient (Wildman–Crippen LogP) is 3.53. The SMILES string of the molecule is Cc1ccc(OCCNC(=O)COc2ccccc2C)cc1Cl. The number of ether oxygens (including phenoxy) is 2. The molecular weight excluding hydrogens is 314 g/mol. The molecule has 0 atom stereocenters. The normalized spacial score (nSPS) is 10.2. The molecule has 2 aromatic carbocycles. The van der Waals surface area contributed by atoms with Crippen LogP contribution in [0.4, 0.5) is 0 Å². The largest absolute Gasteiger partial charge is 0.492 e. The molecule has 0 aliphatic carbocycles. The number of aryl methyl sites for hydroxylation is 2. The van der Waals surface area contributed by atoms with E-state index in [9.17, 15) is 4.79 Å². The summed E-state index contributed by atoms with van der Waals surface area (Å²) in [6, 6.07) is 13.1. The molecule has 0 aliphatic heterocycles. The zero-order valence-electron chi connectivity index (χ0n) is 13.3. The van der Waals surface area contributed by atoms with Gasteiger partial charge in [0.25, 0.3) is 5.91 Å². The monoisotopic (exact) mass is 333 g/mol. The average Bonchev–Trinajstić information content (AvgIpc) is 2.54. The molecule has 0 aromatic heterocycles. The van der Waals surface area contributed by atoms with Gasteiger partial charge >= 0.3 is 0 Å². The van der Waals surface area contributed by atoms with E-state index in [1.165, 1.54) is 0 Å². The average molecular weight is 334 g/mol. The molecule has 0 spiro atoms. The second-order valence-corrected chi connectivity index (χ2v) is 5.57. The molecule has 5 heteroatoms. The van der Waals surface area contributed by atoms with E-state index in [1.54, 1.807) is 6.07 Å². The minimum absolute atomic E-state index is 0.0127. The van der Waals surface area contributed by atoms with Crippen LogP contribution in [0.3, 0.4) is 0 Å². The molecular formula is C18H20ClNO3. The van der Waals surface area contributed by atoms with Gasteiger partial charge in [0, 0.05) is 5.02 Å². The van der Waals surface area contributed by atoms with Crippen molar-refractivity contribution in [3.8, 4) is 11.5 Å². The van der Waals surface area contributed by atoms with Crippen molar-refractivity contribution in [3.63, 3.8) is 0 Å². The summed E-state index contributed by atoms with van der Waals surface area (Å²) in [5.74, 6) is 1.22. The fourth-order valence-corrected chi connectivity index (χ4v) is 2.11. The lowest BCUT2D eigenvalue weighted by molar-refractivity contribution is -0.123. The Kier molecular flexibility index (Phi) is 6.29. The van der Waals surface area contributed by atoms with E-state index < -0.39 is 0 Å². The van der Waals surface area contributed by atoms with Gasteiger partial charge in [0.1, 0.15) is 18.1 Å². The second-order valence-electron chi connectivity index (χ2n) is 5.16. The van der Waals surface area contributed by atoms with Gasteiger partial charge in [0.2, 0.25) is 0 Å². The quantitative estimate of drug-likeness (QED) is 0.788. The van der Waals surface area contributed by atoms with Crippen LogP contribution < -0.4 is 14.8 Å². The fraction of sp³-hybridized carbons (Fsp3) is 0.278. The molecule has 0 unspecified atom stereocenters. The first kappa shape index (κ1) is 17.2. The lowest BCUT2D eigenvalue weighted by atomic mass is 10.2. The molecule has 1 N–H and O–H groups in total. The maximum absolute atomic E-state index is 11.7.